The largest absolute Gasteiger partial charge is 0.494 e. The van der Waals surface area contributed by atoms with E-state index < -0.39 is 27.4 Å². The van der Waals surface area contributed by atoms with Crippen molar-refractivity contribution in [2.24, 2.45) is 11.8 Å². The molecule has 1 N–H and O–H groups in total. The van der Waals surface area contributed by atoms with Gasteiger partial charge >= 0.3 is 0 Å². The summed E-state index contributed by atoms with van der Waals surface area (Å²) in [6.07, 6.45) is 8.00. The van der Waals surface area contributed by atoms with Crippen molar-refractivity contribution in [3.63, 3.8) is 0 Å². The van der Waals surface area contributed by atoms with Gasteiger partial charge in [0, 0.05) is 42.4 Å². The zero-order valence-electron chi connectivity index (χ0n) is 29.0. The predicted octanol–water partition coefficient (Wildman–Crippen LogP) is 6.47. The summed E-state index contributed by atoms with van der Waals surface area (Å²) in [7, 11) is 0. The van der Waals surface area contributed by atoms with Crippen LogP contribution in [0.4, 0.5) is 11.4 Å². The SMILES string of the molecule is C=CCN(C(=O)[C@@H]1[C@H]2C(=O)N(CCCCCCO)C(C(=O)N(CC=C)c3c(C)cccc3C)C23CC[C@@]1(C)S3)c1ccc(OCC)cc1. The van der Waals surface area contributed by atoms with Gasteiger partial charge in [-0.3, -0.25) is 14.4 Å². The quantitative estimate of drug-likeness (QED) is 0.162. The first-order valence-electron chi connectivity index (χ1n) is 17.3. The van der Waals surface area contributed by atoms with Crippen molar-refractivity contribution < 1.29 is 24.2 Å². The molecular formula is C39H51N3O5S. The minimum absolute atomic E-state index is 0.102. The zero-order chi connectivity index (χ0) is 34.6. The maximum Gasteiger partial charge on any atom is 0.251 e. The number of benzene rings is 2. The minimum Gasteiger partial charge on any atom is -0.494 e. The molecule has 3 fully saturated rings. The zero-order valence-corrected chi connectivity index (χ0v) is 29.8. The number of aliphatic hydroxyl groups is 1. The molecule has 3 amide bonds. The molecule has 8 nitrogen and oxygen atoms in total. The van der Waals surface area contributed by atoms with E-state index in [4.69, 9.17) is 4.74 Å². The minimum atomic E-state index is -0.733. The molecule has 2 aromatic rings. The second kappa shape index (κ2) is 14.9. The van der Waals surface area contributed by atoms with Crippen molar-refractivity contribution in [1.29, 1.82) is 0 Å². The van der Waals surface area contributed by atoms with Crippen molar-refractivity contribution in [3.05, 3.63) is 78.9 Å². The first-order chi connectivity index (χ1) is 23.1. The number of anilines is 2. The number of unbranched alkanes of at least 4 members (excludes halogenated alkanes) is 3. The fraction of sp³-hybridized carbons (Fsp3) is 0.513. The number of rotatable bonds is 16. The average molecular weight is 674 g/mol. The summed E-state index contributed by atoms with van der Waals surface area (Å²) >= 11 is 1.70. The van der Waals surface area contributed by atoms with Crippen LogP contribution in [0.5, 0.6) is 5.75 Å². The van der Waals surface area contributed by atoms with Gasteiger partial charge in [-0.25, -0.2) is 0 Å². The summed E-state index contributed by atoms with van der Waals surface area (Å²) < 4.78 is 4.40. The Morgan fingerprint density at radius 3 is 2.25 bits per heavy atom. The highest BCUT2D eigenvalue weighted by Gasteiger charge is 2.77. The number of hydrogen-bond donors (Lipinski definition) is 1. The van der Waals surface area contributed by atoms with E-state index >= 15 is 4.79 Å². The highest BCUT2D eigenvalue weighted by atomic mass is 32.2. The number of carbonyl (C=O) groups is 3. The van der Waals surface area contributed by atoms with Crippen LogP contribution in [0, 0.1) is 25.7 Å². The number of aliphatic hydroxyl groups excluding tert-OH is 1. The molecule has 5 rings (SSSR count). The molecule has 3 heterocycles. The first kappa shape index (κ1) is 35.7. The Hall–Kier alpha value is -3.56. The van der Waals surface area contributed by atoms with Gasteiger partial charge in [0.1, 0.15) is 11.8 Å². The smallest absolute Gasteiger partial charge is 0.251 e. The van der Waals surface area contributed by atoms with E-state index in [-0.39, 0.29) is 24.3 Å². The number of fused-ring (bicyclic) bond motifs is 1. The third-order valence-corrected chi connectivity index (χ3v) is 12.4. The lowest BCUT2D eigenvalue weighted by molar-refractivity contribution is -0.139. The predicted molar refractivity (Wildman–Crippen MR) is 195 cm³/mol. The number of para-hydroxylation sites is 1. The van der Waals surface area contributed by atoms with Crippen LogP contribution in [0.1, 0.15) is 63.5 Å². The van der Waals surface area contributed by atoms with Gasteiger partial charge in [0.2, 0.25) is 11.8 Å². The van der Waals surface area contributed by atoms with Gasteiger partial charge in [-0.15, -0.1) is 24.9 Å². The van der Waals surface area contributed by atoms with Gasteiger partial charge in [-0.1, -0.05) is 43.2 Å². The summed E-state index contributed by atoms with van der Waals surface area (Å²) in [6, 6.07) is 12.8. The summed E-state index contributed by atoms with van der Waals surface area (Å²) in [5.74, 6) is -0.823. The van der Waals surface area contributed by atoms with Crippen LogP contribution >= 0.6 is 11.8 Å². The van der Waals surface area contributed by atoms with Crippen molar-refractivity contribution in [2.75, 3.05) is 42.6 Å². The number of nitrogens with zero attached hydrogens (tertiary/aromatic N) is 3. The molecule has 3 aliphatic rings. The molecule has 5 atom stereocenters. The van der Waals surface area contributed by atoms with E-state index in [0.717, 1.165) is 53.9 Å². The van der Waals surface area contributed by atoms with E-state index in [1.807, 2.05) is 68.1 Å². The van der Waals surface area contributed by atoms with Crippen LogP contribution in [-0.4, -0.2) is 76.1 Å². The Morgan fingerprint density at radius 2 is 1.62 bits per heavy atom. The van der Waals surface area contributed by atoms with Gasteiger partial charge in [0.15, 0.2) is 0 Å². The molecular weight excluding hydrogens is 623 g/mol. The fourth-order valence-electron chi connectivity index (χ4n) is 8.38. The molecule has 0 aromatic heterocycles. The van der Waals surface area contributed by atoms with Crippen molar-refractivity contribution in [1.82, 2.24) is 4.90 Å². The molecule has 258 valence electrons. The van der Waals surface area contributed by atoms with Crippen LogP contribution in [0.2, 0.25) is 0 Å². The molecule has 0 saturated carbocycles. The molecule has 2 aromatic carbocycles. The van der Waals surface area contributed by atoms with Gasteiger partial charge in [0.25, 0.3) is 5.91 Å². The Balaban J connectivity index is 1.56. The molecule has 2 unspecified atom stereocenters. The Bertz CT molecular complexity index is 1510. The van der Waals surface area contributed by atoms with Crippen LogP contribution < -0.4 is 14.5 Å². The fourth-order valence-corrected chi connectivity index (χ4v) is 10.7. The lowest BCUT2D eigenvalue weighted by Gasteiger charge is -2.38. The first-order valence-corrected chi connectivity index (χ1v) is 18.1. The highest BCUT2D eigenvalue weighted by molar-refractivity contribution is 8.02. The molecule has 0 radical (unpaired) electrons. The lowest BCUT2D eigenvalue weighted by Crippen LogP contribution is -2.55. The monoisotopic (exact) mass is 673 g/mol. The van der Waals surface area contributed by atoms with Gasteiger partial charge in [-0.05, 0) is 88.8 Å². The van der Waals surface area contributed by atoms with E-state index in [9.17, 15) is 14.7 Å². The molecule has 3 saturated heterocycles. The Kier molecular flexibility index (Phi) is 11.1. The molecule has 0 aliphatic carbocycles. The van der Waals surface area contributed by atoms with E-state index in [1.165, 1.54) is 0 Å². The summed E-state index contributed by atoms with van der Waals surface area (Å²) in [5.41, 5.74) is 3.54. The van der Waals surface area contributed by atoms with Crippen molar-refractivity contribution in [2.45, 2.75) is 81.8 Å². The summed E-state index contributed by atoms with van der Waals surface area (Å²) in [6.45, 7) is 17.7. The van der Waals surface area contributed by atoms with Crippen LogP contribution in [0.15, 0.2) is 67.8 Å². The van der Waals surface area contributed by atoms with Crippen molar-refractivity contribution >= 4 is 40.9 Å². The summed E-state index contributed by atoms with van der Waals surface area (Å²) in [5, 5.41) is 9.31. The second-order valence-corrected chi connectivity index (χ2v) is 15.4. The second-order valence-electron chi connectivity index (χ2n) is 13.5. The topological polar surface area (TPSA) is 90.4 Å². The molecule has 1 spiro atoms. The maximum atomic E-state index is 15.1. The van der Waals surface area contributed by atoms with Gasteiger partial charge in [0.05, 0.1) is 23.2 Å². The molecule has 3 aliphatic heterocycles. The lowest BCUT2D eigenvalue weighted by atomic mass is 9.66. The summed E-state index contributed by atoms with van der Waals surface area (Å²) in [4.78, 5) is 50.1. The molecule has 9 heteroatoms. The average Bonchev–Trinajstić information content (AvgIpc) is 3.63. The number of ether oxygens (including phenoxy) is 1. The van der Waals surface area contributed by atoms with E-state index in [0.29, 0.717) is 39.1 Å². The number of amides is 3. The van der Waals surface area contributed by atoms with Crippen LogP contribution in [0.25, 0.3) is 0 Å². The third kappa shape index (κ3) is 6.31. The third-order valence-electron chi connectivity index (χ3n) is 10.4. The van der Waals surface area contributed by atoms with Crippen molar-refractivity contribution in [3.8, 4) is 5.75 Å². The number of thioether (sulfide) groups is 1. The standard InChI is InChI=1S/C39H51N3O5S/c1-7-23-40(29-17-19-30(20-18-29)47-9-3)35(44)31-32-36(45)42(25-12-10-11-13-26-43)34(39(32)22-21-38(31,6)48-39)37(46)41(24-8-2)33-27(4)15-14-16-28(33)5/h7-8,14-20,31-32,34,43H,1-2,9-13,21-26H2,3-6H3/t31-,32-,34?,38+,39?/m0/s1. The van der Waals surface area contributed by atoms with Crippen LogP contribution in [-0.2, 0) is 14.4 Å². The number of likely N-dealkylation sites (tertiary alicyclic amines) is 1. The molecule has 48 heavy (non-hydrogen) atoms. The molecule has 2 bridgehead atoms. The van der Waals surface area contributed by atoms with Gasteiger partial charge in [-0.2, -0.15) is 0 Å². The highest BCUT2D eigenvalue weighted by Crippen LogP contribution is 2.71. The van der Waals surface area contributed by atoms with Crippen LogP contribution in [0.3, 0.4) is 0 Å². The number of aryl methyl sites for hydroxylation is 2. The number of hydrogen-bond acceptors (Lipinski definition) is 6. The van der Waals surface area contributed by atoms with Gasteiger partial charge < -0.3 is 24.5 Å². The van der Waals surface area contributed by atoms with E-state index in [2.05, 4.69) is 20.1 Å². The van der Waals surface area contributed by atoms with E-state index in [1.54, 1.807) is 33.7 Å². The normalized spacial score (nSPS) is 25.6. The Morgan fingerprint density at radius 1 is 0.979 bits per heavy atom. The Labute approximate surface area is 290 Å². The number of carbonyl (C=O) groups excluding carboxylic acids is 3. The maximum absolute atomic E-state index is 15.1.